The lowest BCUT2D eigenvalue weighted by molar-refractivity contribution is 0.548. The monoisotopic (exact) mass is 436 g/mol. The maximum atomic E-state index is 11.9. The number of rotatable bonds is 2. The van der Waals surface area contributed by atoms with Crippen molar-refractivity contribution in [3.05, 3.63) is 35.7 Å². The highest BCUT2D eigenvalue weighted by Gasteiger charge is 2.29. The van der Waals surface area contributed by atoms with Gasteiger partial charge in [0.25, 0.3) is 5.56 Å². The molecular formula is C11H7Br3N2O2. The molecule has 0 unspecified atom stereocenters. The van der Waals surface area contributed by atoms with Crippen molar-refractivity contribution in [1.29, 1.82) is 0 Å². The number of nitrogens with zero attached hydrogens (tertiary/aromatic N) is 1. The van der Waals surface area contributed by atoms with Gasteiger partial charge < -0.3 is 9.40 Å². The van der Waals surface area contributed by atoms with Gasteiger partial charge in [-0.3, -0.25) is 4.79 Å². The van der Waals surface area contributed by atoms with E-state index in [4.69, 9.17) is 4.42 Å². The Labute approximate surface area is 128 Å². The molecule has 18 heavy (non-hydrogen) atoms. The zero-order chi connectivity index (χ0) is 12.9. The van der Waals surface area contributed by atoms with Crippen LogP contribution in [0.5, 0.6) is 0 Å². The normalized spacial score (nSPS) is 15.1. The summed E-state index contributed by atoms with van der Waals surface area (Å²) >= 11 is 9.89. The van der Waals surface area contributed by atoms with Crippen LogP contribution in [0.15, 0.2) is 28.9 Å². The summed E-state index contributed by atoms with van der Waals surface area (Å²) in [4.78, 5) is 19.0. The van der Waals surface area contributed by atoms with Crippen LogP contribution in [0.4, 0.5) is 0 Å². The van der Waals surface area contributed by atoms with E-state index < -0.39 is 0 Å². The van der Waals surface area contributed by atoms with E-state index in [1.807, 2.05) is 0 Å². The van der Waals surface area contributed by atoms with E-state index in [1.54, 1.807) is 6.07 Å². The minimum absolute atomic E-state index is 0.175. The van der Waals surface area contributed by atoms with Crippen molar-refractivity contribution in [2.45, 2.75) is 18.8 Å². The molecule has 3 rings (SSSR count). The quantitative estimate of drug-likeness (QED) is 0.764. The largest absolute Gasteiger partial charge is 0.445 e. The van der Waals surface area contributed by atoms with Crippen LogP contribution in [-0.2, 0) is 0 Å². The number of H-pyrrole nitrogens is 1. The predicted octanol–water partition coefficient (Wildman–Crippen LogP) is 4.19. The number of furan rings is 1. The van der Waals surface area contributed by atoms with Gasteiger partial charge >= 0.3 is 0 Å². The number of halogens is 3. The lowest BCUT2D eigenvalue weighted by Crippen LogP contribution is -2.13. The van der Waals surface area contributed by atoms with Crippen molar-refractivity contribution in [2.75, 3.05) is 0 Å². The summed E-state index contributed by atoms with van der Waals surface area (Å²) in [5.74, 6) is 1.37. The molecule has 0 spiro atoms. The molecule has 4 nitrogen and oxygen atoms in total. The first-order valence-electron chi connectivity index (χ1n) is 5.31. The van der Waals surface area contributed by atoms with Crippen LogP contribution < -0.4 is 5.56 Å². The molecule has 0 saturated heterocycles. The highest BCUT2D eigenvalue weighted by atomic mass is 79.9. The maximum absolute atomic E-state index is 11.9. The minimum atomic E-state index is -0.175. The Morgan fingerprint density at radius 2 is 2.06 bits per heavy atom. The Morgan fingerprint density at radius 1 is 1.33 bits per heavy atom. The zero-order valence-corrected chi connectivity index (χ0v) is 13.7. The van der Waals surface area contributed by atoms with Crippen molar-refractivity contribution in [1.82, 2.24) is 9.97 Å². The number of nitrogens with one attached hydrogen (secondary N) is 1. The fourth-order valence-corrected chi connectivity index (χ4v) is 2.77. The van der Waals surface area contributed by atoms with Gasteiger partial charge in [0.05, 0.1) is 10.2 Å². The lowest BCUT2D eigenvalue weighted by Gasteiger charge is -2.03. The molecule has 1 N–H and O–H groups in total. The molecule has 0 aliphatic heterocycles. The fourth-order valence-electron chi connectivity index (χ4n) is 1.68. The van der Waals surface area contributed by atoms with Crippen LogP contribution in [0, 0.1) is 0 Å². The number of aromatic amines is 1. The highest BCUT2D eigenvalue weighted by molar-refractivity contribution is 9.13. The Bertz CT molecular complexity index is 654. The van der Waals surface area contributed by atoms with Crippen LogP contribution in [0.3, 0.4) is 0 Å². The Hall–Kier alpha value is -0.400. The van der Waals surface area contributed by atoms with E-state index in [0.29, 0.717) is 26.6 Å². The summed E-state index contributed by atoms with van der Waals surface area (Å²) in [6.45, 7) is 0. The van der Waals surface area contributed by atoms with Crippen molar-refractivity contribution in [2.24, 2.45) is 0 Å². The van der Waals surface area contributed by atoms with E-state index in [1.165, 1.54) is 0 Å². The fraction of sp³-hybridized carbons (Fsp3) is 0.273. The summed E-state index contributed by atoms with van der Waals surface area (Å²) in [5, 5.41) is 0. The molecule has 1 saturated carbocycles. The second-order valence-corrected chi connectivity index (χ2v) is 6.49. The minimum Gasteiger partial charge on any atom is -0.445 e. The summed E-state index contributed by atoms with van der Waals surface area (Å²) in [7, 11) is 0. The third-order valence-electron chi connectivity index (χ3n) is 2.73. The molecule has 0 bridgehead atoms. The molecule has 2 aromatic rings. The molecule has 0 aromatic carbocycles. The van der Waals surface area contributed by atoms with Gasteiger partial charge in [-0.05, 0) is 60.6 Å². The highest BCUT2D eigenvalue weighted by Crippen LogP contribution is 2.42. The van der Waals surface area contributed by atoms with Crippen LogP contribution in [0.25, 0.3) is 11.6 Å². The van der Waals surface area contributed by atoms with Gasteiger partial charge in [0.1, 0.15) is 4.47 Å². The van der Waals surface area contributed by atoms with E-state index in [2.05, 4.69) is 57.8 Å². The molecule has 2 aromatic heterocycles. The molecule has 1 aliphatic carbocycles. The summed E-state index contributed by atoms with van der Waals surface area (Å²) in [5.41, 5.74) is 0.642. The van der Waals surface area contributed by atoms with Crippen molar-refractivity contribution < 1.29 is 4.42 Å². The second-order valence-electron chi connectivity index (χ2n) is 4.12. The van der Waals surface area contributed by atoms with Gasteiger partial charge in [-0.2, -0.15) is 0 Å². The van der Waals surface area contributed by atoms with Gasteiger partial charge in [0.15, 0.2) is 16.3 Å². The SMILES string of the molecule is O=c1[nH]c(-c2cc(Br)c(Br)o2)nc(C2CC2)c1Br. The van der Waals surface area contributed by atoms with Crippen LogP contribution in [0.2, 0.25) is 0 Å². The molecule has 1 aliphatic rings. The summed E-state index contributed by atoms with van der Waals surface area (Å²) in [6, 6.07) is 1.77. The summed E-state index contributed by atoms with van der Waals surface area (Å²) in [6.07, 6.45) is 2.17. The third kappa shape index (κ3) is 2.23. The van der Waals surface area contributed by atoms with E-state index in [0.717, 1.165) is 23.0 Å². The van der Waals surface area contributed by atoms with Gasteiger partial charge in [-0.25, -0.2) is 4.98 Å². The second kappa shape index (κ2) is 4.61. The molecular weight excluding hydrogens is 432 g/mol. The molecule has 94 valence electrons. The molecule has 2 heterocycles. The third-order valence-corrected chi connectivity index (χ3v) is 5.21. The first-order chi connectivity index (χ1) is 8.56. The topological polar surface area (TPSA) is 58.9 Å². The molecule has 0 amide bonds. The first-order valence-corrected chi connectivity index (χ1v) is 7.69. The lowest BCUT2D eigenvalue weighted by atomic mass is 10.2. The van der Waals surface area contributed by atoms with Crippen LogP contribution >= 0.6 is 47.8 Å². The molecule has 1 fully saturated rings. The van der Waals surface area contributed by atoms with Crippen LogP contribution in [-0.4, -0.2) is 9.97 Å². The van der Waals surface area contributed by atoms with Crippen LogP contribution in [0.1, 0.15) is 24.5 Å². The summed E-state index contributed by atoms with van der Waals surface area (Å²) < 4.78 is 7.37. The molecule has 0 radical (unpaired) electrons. The number of hydrogen-bond acceptors (Lipinski definition) is 3. The Balaban J connectivity index is 2.15. The van der Waals surface area contributed by atoms with Gasteiger partial charge in [-0.15, -0.1) is 0 Å². The average Bonchev–Trinajstić information content (AvgIpc) is 3.10. The maximum Gasteiger partial charge on any atom is 0.265 e. The van der Waals surface area contributed by atoms with Crippen molar-refractivity contribution in [3.8, 4) is 11.6 Å². The standard InChI is InChI=1S/C11H7Br3N2O2/c12-5-3-6(18-9(5)14)10-15-8(4-1-2-4)7(13)11(17)16-10/h3-4H,1-2H2,(H,15,16,17). The average molecular weight is 439 g/mol. The first kappa shape index (κ1) is 12.6. The van der Waals surface area contributed by atoms with Gasteiger partial charge in [-0.1, -0.05) is 0 Å². The zero-order valence-electron chi connectivity index (χ0n) is 8.97. The van der Waals surface area contributed by atoms with Gasteiger partial charge in [0.2, 0.25) is 0 Å². The molecule has 0 atom stereocenters. The van der Waals surface area contributed by atoms with E-state index >= 15 is 0 Å². The Kier molecular flexibility index (Phi) is 3.23. The number of aromatic nitrogens is 2. The van der Waals surface area contributed by atoms with Crippen molar-refractivity contribution in [3.63, 3.8) is 0 Å². The number of hydrogen-bond donors (Lipinski definition) is 1. The Morgan fingerprint density at radius 3 is 2.61 bits per heavy atom. The smallest absolute Gasteiger partial charge is 0.265 e. The van der Waals surface area contributed by atoms with E-state index in [9.17, 15) is 4.79 Å². The van der Waals surface area contributed by atoms with E-state index in [-0.39, 0.29) is 5.56 Å². The predicted molar refractivity (Wildman–Crippen MR) is 77.6 cm³/mol. The van der Waals surface area contributed by atoms with Crippen molar-refractivity contribution >= 4 is 47.8 Å². The van der Waals surface area contributed by atoms with Gasteiger partial charge in [0, 0.05) is 12.0 Å². The molecule has 7 heteroatoms.